The van der Waals surface area contributed by atoms with Gasteiger partial charge in [-0.3, -0.25) is 4.79 Å². The first kappa shape index (κ1) is 16.6. The summed E-state index contributed by atoms with van der Waals surface area (Å²) in [6, 6.07) is 1.74. The minimum absolute atomic E-state index is 0.167. The first-order valence-corrected chi connectivity index (χ1v) is 8.16. The van der Waals surface area contributed by atoms with Gasteiger partial charge < -0.3 is 16.0 Å². The molecule has 1 heterocycles. The topological polar surface area (TPSA) is 99.2 Å². The largest absolute Gasteiger partial charge is 0.351 e. The molecule has 2 fully saturated rings. The molecule has 1 saturated heterocycles. The van der Waals surface area contributed by atoms with Gasteiger partial charge in [0.15, 0.2) is 0 Å². The highest BCUT2D eigenvalue weighted by molar-refractivity contribution is 5.85. The summed E-state index contributed by atoms with van der Waals surface area (Å²) in [5, 5.41) is 12.3. The van der Waals surface area contributed by atoms with Crippen molar-refractivity contribution in [2.75, 3.05) is 13.1 Å². The van der Waals surface area contributed by atoms with Crippen molar-refractivity contribution in [1.29, 1.82) is 5.26 Å². The van der Waals surface area contributed by atoms with Crippen molar-refractivity contribution in [3.63, 3.8) is 0 Å². The van der Waals surface area contributed by atoms with Gasteiger partial charge in [0.1, 0.15) is 5.54 Å². The number of nitrogens with two attached hydrogens (primary N) is 1. The van der Waals surface area contributed by atoms with E-state index in [4.69, 9.17) is 5.73 Å². The fraction of sp³-hybridized carbons (Fsp3) is 0.750. The van der Waals surface area contributed by atoms with Crippen LogP contribution < -0.4 is 11.1 Å². The maximum atomic E-state index is 12.1. The number of hydrogen-bond donors (Lipinski definition) is 2. The second kappa shape index (κ2) is 7.48. The molecule has 1 saturated carbocycles. The molecular weight excluding hydrogens is 280 g/mol. The van der Waals surface area contributed by atoms with Gasteiger partial charge in [0.25, 0.3) is 0 Å². The van der Waals surface area contributed by atoms with Crippen LogP contribution in [0.3, 0.4) is 0 Å². The van der Waals surface area contributed by atoms with E-state index >= 15 is 0 Å². The van der Waals surface area contributed by atoms with Crippen LogP contribution in [0.25, 0.3) is 0 Å². The van der Waals surface area contributed by atoms with Crippen molar-refractivity contribution < 1.29 is 9.59 Å². The molecule has 0 aromatic rings. The monoisotopic (exact) mass is 305 g/mol. The molecule has 0 spiro atoms. The van der Waals surface area contributed by atoms with Crippen molar-refractivity contribution in [2.24, 2.45) is 11.7 Å². The number of nitrogens with zero attached hydrogens (tertiary/aromatic N) is 2. The number of hydrogen-bond acceptors (Lipinski definition) is 3. The molecule has 2 rings (SSSR count). The normalized spacial score (nSPS) is 21.9. The molecule has 3 N–H and O–H groups in total. The Bertz CT molecular complexity index is 444. The highest BCUT2D eigenvalue weighted by atomic mass is 16.2. The number of nitriles is 1. The molecule has 3 amide bonds. The lowest BCUT2D eigenvalue weighted by molar-refractivity contribution is -0.119. The fourth-order valence-electron chi connectivity index (χ4n) is 3.36. The number of piperidine rings is 1. The zero-order valence-corrected chi connectivity index (χ0v) is 13.0. The van der Waals surface area contributed by atoms with Gasteiger partial charge in [0, 0.05) is 32.4 Å². The molecule has 121 valence electrons. The third kappa shape index (κ3) is 4.36. The molecule has 2 aliphatic rings. The van der Waals surface area contributed by atoms with Crippen molar-refractivity contribution in [1.82, 2.24) is 10.2 Å². The van der Waals surface area contributed by atoms with Crippen LogP contribution in [0.4, 0.5) is 4.79 Å². The summed E-state index contributed by atoms with van der Waals surface area (Å²) in [6.07, 6.45) is 9.54. The van der Waals surface area contributed by atoms with Crippen LogP contribution in [0.2, 0.25) is 0 Å². The summed E-state index contributed by atoms with van der Waals surface area (Å²) >= 11 is 0. The molecule has 0 atom stereocenters. The predicted octanol–water partition coefficient (Wildman–Crippen LogP) is 1.71. The molecule has 0 unspecified atom stereocenters. The smallest absolute Gasteiger partial charge is 0.314 e. The lowest BCUT2D eigenvalue weighted by Crippen LogP contribution is -2.56. The maximum Gasteiger partial charge on any atom is 0.314 e. The van der Waals surface area contributed by atoms with Crippen LogP contribution in [-0.2, 0) is 4.79 Å². The molecule has 0 bridgehead atoms. The third-order valence-electron chi connectivity index (χ3n) is 4.87. The first-order valence-electron chi connectivity index (χ1n) is 8.16. The van der Waals surface area contributed by atoms with Crippen molar-refractivity contribution >= 4 is 11.9 Å². The Hall–Kier alpha value is -1.77. The van der Waals surface area contributed by atoms with Crippen molar-refractivity contribution in [3.05, 3.63) is 6.42 Å². The van der Waals surface area contributed by atoms with Gasteiger partial charge in [-0.1, -0.05) is 32.1 Å². The van der Waals surface area contributed by atoms with Crippen LogP contribution in [0, 0.1) is 23.7 Å². The van der Waals surface area contributed by atoms with Crippen LogP contribution in [0.5, 0.6) is 0 Å². The lowest BCUT2D eigenvalue weighted by atomic mass is 9.85. The fourth-order valence-corrected chi connectivity index (χ4v) is 3.36. The van der Waals surface area contributed by atoms with Gasteiger partial charge in [-0.15, -0.1) is 0 Å². The first-order chi connectivity index (χ1) is 10.5. The Morgan fingerprint density at radius 1 is 1.27 bits per heavy atom. The molecule has 6 nitrogen and oxygen atoms in total. The zero-order chi connectivity index (χ0) is 16.0. The van der Waals surface area contributed by atoms with Crippen molar-refractivity contribution in [2.45, 2.75) is 56.9 Å². The molecule has 0 aromatic heterocycles. The van der Waals surface area contributed by atoms with E-state index in [0.29, 0.717) is 31.8 Å². The maximum absolute atomic E-state index is 12.1. The molecular formula is C16H25N4O2. The molecule has 6 heteroatoms. The molecule has 1 radical (unpaired) electrons. The Balaban J connectivity index is 1.78. The van der Waals surface area contributed by atoms with Crippen LogP contribution in [-0.4, -0.2) is 35.5 Å². The van der Waals surface area contributed by atoms with E-state index in [0.717, 1.165) is 6.42 Å². The standard InChI is InChI=1S/C16H25N4O2/c17-12-16(8-10-20(11-9-16)15(18)22)19-14(21)7-6-13-4-2-1-3-5-13/h7,13H,1-6,8-11H2,(H2,18,22)(H,19,21). The van der Waals surface area contributed by atoms with Gasteiger partial charge in [0.05, 0.1) is 6.07 Å². The summed E-state index contributed by atoms with van der Waals surface area (Å²) in [5.41, 5.74) is 4.37. The highest BCUT2D eigenvalue weighted by Gasteiger charge is 2.37. The van der Waals surface area contributed by atoms with Gasteiger partial charge in [-0.2, -0.15) is 5.26 Å². The van der Waals surface area contributed by atoms with Crippen LogP contribution in [0.15, 0.2) is 0 Å². The van der Waals surface area contributed by atoms with Crippen LogP contribution >= 0.6 is 0 Å². The van der Waals surface area contributed by atoms with Crippen molar-refractivity contribution in [3.8, 4) is 6.07 Å². The molecule has 22 heavy (non-hydrogen) atoms. The van der Waals surface area contributed by atoms with Crippen LogP contribution in [0.1, 0.15) is 51.4 Å². The molecule has 0 aromatic carbocycles. The van der Waals surface area contributed by atoms with E-state index in [1.807, 2.05) is 0 Å². The average molecular weight is 305 g/mol. The Labute approximate surface area is 132 Å². The number of carbonyl (C=O) groups excluding carboxylic acids is 2. The number of carbonyl (C=O) groups is 2. The quantitative estimate of drug-likeness (QED) is 0.827. The highest BCUT2D eigenvalue weighted by Crippen LogP contribution is 2.27. The zero-order valence-electron chi connectivity index (χ0n) is 13.0. The molecule has 1 aliphatic heterocycles. The van der Waals surface area contributed by atoms with E-state index in [9.17, 15) is 14.9 Å². The van der Waals surface area contributed by atoms with E-state index < -0.39 is 11.6 Å². The van der Waals surface area contributed by atoms with E-state index in [1.165, 1.54) is 37.0 Å². The van der Waals surface area contributed by atoms with E-state index in [2.05, 4.69) is 11.4 Å². The SMILES string of the molecule is N#CC1(NC(=O)[CH]CC2CCCCC2)CCN(C(N)=O)CC1. The minimum atomic E-state index is -0.869. The number of primary amides is 1. The molecule has 1 aliphatic carbocycles. The number of rotatable bonds is 4. The Kier molecular flexibility index (Phi) is 5.64. The minimum Gasteiger partial charge on any atom is -0.351 e. The summed E-state index contributed by atoms with van der Waals surface area (Å²) in [5.74, 6) is 0.439. The number of amides is 3. The Morgan fingerprint density at radius 3 is 2.45 bits per heavy atom. The van der Waals surface area contributed by atoms with Gasteiger partial charge >= 0.3 is 6.03 Å². The number of nitrogens with one attached hydrogen (secondary N) is 1. The predicted molar refractivity (Wildman–Crippen MR) is 82.4 cm³/mol. The summed E-state index contributed by atoms with van der Waals surface area (Å²) in [4.78, 5) is 24.7. The van der Waals surface area contributed by atoms with Gasteiger partial charge in [-0.25, -0.2) is 4.79 Å². The van der Waals surface area contributed by atoms with Gasteiger partial charge in [-0.05, 0) is 12.3 Å². The lowest BCUT2D eigenvalue weighted by Gasteiger charge is -2.37. The Morgan fingerprint density at radius 2 is 1.91 bits per heavy atom. The second-order valence-electron chi connectivity index (χ2n) is 6.45. The summed E-state index contributed by atoms with van der Waals surface area (Å²) in [6.45, 7) is 0.817. The number of urea groups is 1. The van der Waals surface area contributed by atoms with E-state index in [-0.39, 0.29) is 5.91 Å². The summed E-state index contributed by atoms with van der Waals surface area (Å²) in [7, 11) is 0. The average Bonchev–Trinajstić information content (AvgIpc) is 2.54. The van der Waals surface area contributed by atoms with E-state index in [1.54, 1.807) is 6.42 Å². The summed E-state index contributed by atoms with van der Waals surface area (Å²) < 4.78 is 0. The number of likely N-dealkylation sites (tertiary alicyclic amines) is 1. The third-order valence-corrected chi connectivity index (χ3v) is 4.87. The van der Waals surface area contributed by atoms with Gasteiger partial charge in [0.2, 0.25) is 5.91 Å². The second-order valence-corrected chi connectivity index (χ2v) is 6.45.